The predicted octanol–water partition coefficient (Wildman–Crippen LogP) is 5.51. The molecule has 186 valence electrons. The molecule has 4 aromatic rings. The number of hydrogen-bond donors (Lipinski definition) is 3. The fourth-order valence-corrected chi connectivity index (χ4v) is 4.49. The number of amides is 1. The molecule has 2 aromatic heterocycles. The summed E-state index contributed by atoms with van der Waals surface area (Å²) in [6.07, 6.45) is 6.01. The van der Waals surface area contributed by atoms with Gasteiger partial charge in [0, 0.05) is 24.4 Å². The Balaban J connectivity index is 1.57. The zero-order valence-corrected chi connectivity index (χ0v) is 20.4. The molecule has 0 bridgehead atoms. The minimum Gasteiger partial charge on any atom is -0.495 e. The number of aromatic nitrogens is 3. The van der Waals surface area contributed by atoms with Crippen molar-refractivity contribution in [3.63, 3.8) is 0 Å². The van der Waals surface area contributed by atoms with Gasteiger partial charge in [0.25, 0.3) is 5.91 Å². The Labute approximate surface area is 208 Å². The quantitative estimate of drug-likeness (QED) is 0.317. The third-order valence-corrected chi connectivity index (χ3v) is 6.50. The second kappa shape index (κ2) is 9.85. The van der Waals surface area contributed by atoms with Gasteiger partial charge < -0.3 is 25.1 Å². The number of carbonyl (C=O) groups excluding carboxylic acids is 1. The number of nitrogens with zero attached hydrogens (tertiary/aromatic N) is 2. The summed E-state index contributed by atoms with van der Waals surface area (Å²) in [6, 6.07) is 10.2. The number of ether oxygens (including phenoxy) is 2. The lowest BCUT2D eigenvalue weighted by molar-refractivity contribution is 0.0962. The molecule has 9 heteroatoms. The van der Waals surface area contributed by atoms with E-state index in [0.717, 1.165) is 36.8 Å². The highest BCUT2D eigenvalue weighted by Crippen LogP contribution is 2.38. The highest BCUT2D eigenvalue weighted by Gasteiger charge is 2.23. The van der Waals surface area contributed by atoms with Gasteiger partial charge in [-0.2, -0.15) is 9.97 Å². The number of rotatable bonds is 7. The van der Waals surface area contributed by atoms with Crippen molar-refractivity contribution in [1.82, 2.24) is 20.3 Å². The van der Waals surface area contributed by atoms with Crippen LogP contribution in [0.15, 0.2) is 42.6 Å². The van der Waals surface area contributed by atoms with Gasteiger partial charge in [0.2, 0.25) is 11.8 Å². The fraction of sp³-hybridized carbons (Fsp3) is 0.296. The van der Waals surface area contributed by atoms with Crippen LogP contribution in [-0.2, 0) is 0 Å². The molecule has 0 radical (unpaired) electrons. The summed E-state index contributed by atoms with van der Waals surface area (Å²) in [5.74, 6) is 0.737. The number of fused-ring (bicyclic) bond motifs is 1. The molecule has 0 spiro atoms. The van der Waals surface area contributed by atoms with E-state index in [1.54, 1.807) is 44.4 Å². The molecule has 1 aliphatic rings. The van der Waals surface area contributed by atoms with Gasteiger partial charge in [0.1, 0.15) is 23.3 Å². The third-order valence-electron chi connectivity index (χ3n) is 6.50. The average Bonchev–Trinajstić information content (AvgIpc) is 3.55. The van der Waals surface area contributed by atoms with Crippen molar-refractivity contribution in [2.24, 2.45) is 0 Å². The van der Waals surface area contributed by atoms with E-state index in [1.165, 1.54) is 13.2 Å². The summed E-state index contributed by atoms with van der Waals surface area (Å²) in [6.45, 7) is 1.74. The zero-order chi connectivity index (χ0) is 25.2. The summed E-state index contributed by atoms with van der Waals surface area (Å²) in [7, 11) is 3.11. The Morgan fingerprint density at radius 1 is 1.14 bits per heavy atom. The largest absolute Gasteiger partial charge is 0.495 e. The lowest BCUT2D eigenvalue weighted by atomic mass is 10.0. The van der Waals surface area contributed by atoms with Gasteiger partial charge >= 0.3 is 0 Å². The third kappa shape index (κ3) is 4.56. The smallest absolute Gasteiger partial charge is 0.251 e. The van der Waals surface area contributed by atoms with Crippen LogP contribution in [-0.4, -0.2) is 41.1 Å². The van der Waals surface area contributed by atoms with Gasteiger partial charge in [-0.3, -0.25) is 4.79 Å². The highest BCUT2D eigenvalue weighted by molar-refractivity contribution is 5.98. The maximum absolute atomic E-state index is 14.4. The molecule has 0 saturated heterocycles. The van der Waals surface area contributed by atoms with Crippen molar-refractivity contribution >= 4 is 28.6 Å². The summed E-state index contributed by atoms with van der Waals surface area (Å²) in [5.41, 5.74) is 3.72. The van der Waals surface area contributed by atoms with E-state index in [2.05, 4.69) is 20.6 Å². The van der Waals surface area contributed by atoms with E-state index >= 15 is 0 Å². The molecule has 1 amide bonds. The summed E-state index contributed by atoms with van der Waals surface area (Å²) in [5, 5.41) is 6.50. The topological polar surface area (TPSA) is 101 Å². The van der Waals surface area contributed by atoms with Crippen LogP contribution in [0.2, 0.25) is 0 Å². The first-order chi connectivity index (χ1) is 17.5. The first-order valence-electron chi connectivity index (χ1n) is 12.0. The van der Waals surface area contributed by atoms with E-state index in [0.29, 0.717) is 45.4 Å². The number of hydrogen-bond acceptors (Lipinski definition) is 6. The molecule has 36 heavy (non-hydrogen) atoms. The number of aromatic amines is 1. The maximum Gasteiger partial charge on any atom is 0.251 e. The standard InChI is InChI=1S/C27H28FN5O3/c1-15-8-9-16(12-20(15)28)19-14-30-24-23(19)26(36-18-6-4-5-7-18)33-27(32-24)31-21-11-10-17(25(34)29-2)13-22(21)35-3/h8-14,18H,4-7H2,1-3H3,(H,29,34)(H2,30,31,32,33). The van der Waals surface area contributed by atoms with Crippen LogP contribution in [0.4, 0.5) is 16.0 Å². The van der Waals surface area contributed by atoms with Crippen molar-refractivity contribution < 1.29 is 18.7 Å². The number of aryl methyl sites for hydroxylation is 1. The molecule has 8 nitrogen and oxygen atoms in total. The van der Waals surface area contributed by atoms with Crippen molar-refractivity contribution in [2.45, 2.75) is 38.7 Å². The summed E-state index contributed by atoms with van der Waals surface area (Å²) < 4.78 is 26.2. The molecule has 1 aliphatic carbocycles. The first kappa shape index (κ1) is 23.6. The number of nitrogens with one attached hydrogen (secondary N) is 3. The minimum atomic E-state index is -0.272. The second-order valence-electron chi connectivity index (χ2n) is 8.89. The van der Waals surface area contributed by atoms with Crippen LogP contribution in [0, 0.1) is 12.7 Å². The average molecular weight is 490 g/mol. The van der Waals surface area contributed by atoms with Gasteiger partial charge in [-0.05, 0) is 68.0 Å². The second-order valence-corrected chi connectivity index (χ2v) is 8.89. The molecular weight excluding hydrogens is 461 g/mol. The van der Waals surface area contributed by atoms with Gasteiger partial charge in [-0.15, -0.1) is 0 Å². The van der Waals surface area contributed by atoms with E-state index < -0.39 is 0 Å². The Kier molecular flexibility index (Phi) is 6.45. The molecule has 1 saturated carbocycles. The van der Waals surface area contributed by atoms with Crippen LogP contribution >= 0.6 is 0 Å². The lowest BCUT2D eigenvalue weighted by Crippen LogP contribution is -2.17. The Morgan fingerprint density at radius 2 is 1.94 bits per heavy atom. The normalized spacial score (nSPS) is 13.7. The van der Waals surface area contributed by atoms with Gasteiger partial charge in [-0.1, -0.05) is 12.1 Å². The number of halogens is 1. The maximum atomic E-state index is 14.4. The minimum absolute atomic E-state index is 0.0647. The van der Waals surface area contributed by atoms with Crippen LogP contribution in [0.5, 0.6) is 11.6 Å². The molecule has 0 aliphatic heterocycles. The number of methoxy groups -OCH3 is 1. The number of anilines is 2. The number of H-pyrrole nitrogens is 1. The highest BCUT2D eigenvalue weighted by atomic mass is 19.1. The fourth-order valence-electron chi connectivity index (χ4n) is 4.49. The monoisotopic (exact) mass is 489 g/mol. The van der Waals surface area contributed by atoms with Crippen molar-refractivity contribution in [3.8, 4) is 22.8 Å². The number of carbonyl (C=O) groups is 1. The summed E-state index contributed by atoms with van der Waals surface area (Å²) >= 11 is 0. The van der Waals surface area contributed by atoms with E-state index in [4.69, 9.17) is 14.5 Å². The van der Waals surface area contributed by atoms with E-state index in [-0.39, 0.29) is 17.8 Å². The molecular formula is C27H28FN5O3. The number of benzene rings is 2. The molecule has 5 rings (SSSR count). The van der Waals surface area contributed by atoms with Gasteiger partial charge in [0.15, 0.2) is 0 Å². The predicted molar refractivity (Wildman–Crippen MR) is 137 cm³/mol. The molecule has 2 heterocycles. The molecule has 0 atom stereocenters. The Bertz CT molecular complexity index is 1430. The van der Waals surface area contributed by atoms with Crippen LogP contribution in [0.25, 0.3) is 22.2 Å². The van der Waals surface area contributed by atoms with E-state index in [1.807, 2.05) is 6.07 Å². The van der Waals surface area contributed by atoms with Gasteiger partial charge in [-0.25, -0.2) is 4.39 Å². The molecule has 2 aromatic carbocycles. The lowest BCUT2D eigenvalue weighted by Gasteiger charge is -2.16. The Morgan fingerprint density at radius 3 is 2.67 bits per heavy atom. The van der Waals surface area contributed by atoms with Crippen LogP contribution < -0.4 is 20.1 Å². The molecule has 0 unspecified atom stereocenters. The van der Waals surface area contributed by atoms with Crippen molar-refractivity contribution in [1.29, 1.82) is 0 Å². The molecule has 3 N–H and O–H groups in total. The molecule has 1 fully saturated rings. The van der Waals surface area contributed by atoms with Crippen molar-refractivity contribution in [3.05, 3.63) is 59.5 Å². The SMILES string of the molecule is CNC(=O)c1ccc(Nc2nc(OC3CCCC3)c3c(-c4ccc(C)c(F)c4)c[nH]c3n2)c(OC)c1. The van der Waals surface area contributed by atoms with Crippen molar-refractivity contribution in [2.75, 3.05) is 19.5 Å². The Hall–Kier alpha value is -4.14. The first-order valence-corrected chi connectivity index (χ1v) is 12.0. The zero-order valence-electron chi connectivity index (χ0n) is 20.4. The van der Waals surface area contributed by atoms with E-state index in [9.17, 15) is 9.18 Å². The van der Waals surface area contributed by atoms with Crippen LogP contribution in [0.1, 0.15) is 41.6 Å². The summed E-state index contributed by atoms with van der Waals surface area (Å²) in [4.78, 5) is 24.6. The van der Waals surface area contributed by atoms with Crippen LogP contribution in [0.3, 0.4) is 0 Å². The van der Waals surface area contributed by atoms with Gasteiger partial charge in [0.05, 0.1) is 18.2 Å².